The number of aliphatic hydroxyl groups excluding tert-OH is 1. The molecule has 0 spiro atoms. The van der Waals surface area contributed by atoms with Crippen LogP contribution in [-0.2, 0) is 0 Å². The van der Waals surface area contributed by atoms with E-state index in [-0.39, 0.29) is 12.1 Å². The Morgan fingerprint density at radius 2 is 2.00 bits per heavy atom. The van der Waals surface area contributed by atoms with Crippen molar-refractivity contribution in [1.82, 2.24) is 4.98 Å². The maximum atomic E-state index is 12.2. The molecule has 1 unspecified atom stereocenters. The van der Waals surface area contributed by atoms with Gasteiger partial charge in [-0.2, -0.15) is 0 Å². The van der Waals surface area contributed by atoms with Gasteiger partial charge < -0.3 is 10.8 Å². The minimum atomic E-state index is -2.57. The second-order valence-corrected chi connectivity index (χ2v) is 2.60. The molecule has 0 bridgehead atoms. The molecule has 1 rings (SSSR count). The van der Waals surface area contributed by atoms with E-state index in [2.05, 4.69) is 4.98 Å². The van der Waals surface area contributed by atoms with Crippen molar-refractivity contribution in [2.24, 2.45) is 5.73 Å². The molecule has 0 fully saturated rings. The molecular weight excluding hydrogens is 178 g/mol. The number of rotatable bonds is 3. The Balaban J connectivity index is 2.91. The molecule has 0 saturated carbocycles. The maximum absolute atomic E-state index is 12.2. The van der Waals surface area contributed by atoms with Crippen LogP contribution in [0.4, 0.5) is 8.78 Å². The number of nitrogens with two attached hydrogens (primary N) is 1. The van der Waals surface area contributed by atoms with Gasteiger partial charge in [0.05, 0.1) is 6.10 Å². The number of nitrogens with zero attached hydrogens (tertiary/aromatic N) is 1. The molecule has 72 valence electrons. The summed E-state index contributed by atoms with van der Waals surface area (Å²) in [6.07, 6.45) is -1.11. The Morgan fingerprint density at radius 3 is 2.54 bits per heavy atom. The minimum Gasteiger partial charge on any atom is -0.387 e. The summed E-state index contributed by atoms with van der Waals surface area (Å²) < 4.78 is 24.3. The first kappa shape index (κ1) is 10.0. The highest BCUT2D eigenvalue weighted by Gasteiger charge is 2.11. The lowest BCUT2D eigenvalue weighted by Crippen LogP contribution is -2.12. The number of aliphatic hydroxyl groups is 1. The Hall–Kier alpha value is -1.07. The summed E-state index contributed by atoms with van der Waals surface area (Å²) in [6, 6.07) is 1.20. The fourth-order valence-electron chi connectivity index (χ4n) is 0.914. The standard InChI is InChI=1S/C8H10F2N2O/c9-8(10)6-1-5(3-12-4-6)7(13)2-11/h1,3-4,7-8,13H,2,11H2. The van der Waals surface area contributed by atoms with Crippen LogP contribution in [0.1, 0.15) is 23.7 Å². The Kier molecular flexibility index (Phi) is 3.27. The smallest absolute Gasteiger partial charge is 0.265 e. The number of alkyl halides is 2. The molecular formula is C8H10F2N2O. The van der Waals surface area contributed by atoms with Crippen LogP contribution in [0.2, 0.25) is 0 Å². The first-order chi connectivity index (χ1) is 6.15. The number of hydrogen-bond donors (Lipinski definition) is 2. The van der Waals surface area contributed by atoms with E-state index in [1.165, 1.54) is 12.3 Å². The Morgan fingerprint density at radius 1 is 1.38 bits per heavy atom. The van der Waals surface area contributed by atoms with E-state index in [1.54, 1.807) is 0 Å². The van der Waals surface area contributed by atoms with Crippen molar-refractivity contribution < 1.29 is 13.9 Å². The lowest BCUT2D eigenvalue weighted by molar-refractivity contribution is 0.149. The monoisotopic (exact) mass is 188 g/mol. The van der Waals surface area contributed by atoms with Gasteiger partial charge in [-0.25, -0.2) is 8.78 Å². The highest BCUT2D eigenvalue weighted by molar-refractivity contribution is 5.21. The van der Waals surface area contributed by atoms with E-state index in [0.29, 0.717) is 5.56 Å². The lowest BCUT2D eigenvalue weighted by Gasteiger charge is -2.08. The zero-order valence-corrected chi connectivity index (χ0v) is 6.82. The quantitative estimate of drug-likeness (QED) is 0.744. The third-order valence-corrected chi connectivity index (χ3v) is 1.64. The van der Waals surface area contributed by atoms with Gasteiger partial charge in [-0.05, 0) is 6.07 Å². The highest BCUT2D eigenvalue weighted by atomic mass is 19.3. The SMILES string of the molecule is NCC(O)c1cncc(C(F)F)c1. The molecule has 0 aromatic carbocycles. The number of aromatic nitrogens is 1. The maximum Gasteiger partial charge on any atom is 0.265 e. The first-order valence-corrected chi connectivity index (χ1v) is 3.76. The summed E-state index contributed by atoms with van der Waals surface area (Å²) in [5.74, 6) is 0. The van der Waals surface area contributed by atoms with Gasteiger partial charge in [0, 0.05) is 30.1 Å². The van der Waals surface area contributed by atoms with Crippen molar-refractivity contribution in [3.05, 3.63) is 29.6 Å². The summed E-state index contributed by atoms with van der Waals surface area (Å²) in [6.45, 7) is -0.00558. The zero-order valence-electron chi connectivity index (χ0n) is 6.82. The molecule has 0 saturated heterocycles. The van der Waals surface area contributed by atoms with Gasteiger partial charge in [0.15, 0.2) is 0 Å². The fourth-order valence-corrected chi connectivity index (χ4v) is 0.914. The molecule has 0 aliphatic carbocycles. The molecule has 0 aliphatic heterocycles. The van der Waals surface area contributed by atoms with E-state index in [1.807, 2.05) is 0 Å². The summed E-state index contributed by atoms with van der Waals surface area (Å²) in [4.78, 5) is 3.58. The van der Waals surface area contributed by atoms with E-state index in [4.69, 9.17) is 5.73 Å². The van der Waals surface area contributed by atoms with Gasteiger partial charge >= 0.3 is 0 Å². The van der Waals surface area contributed by atoms with Gasteiger partial charge in [0.2, 0.25) is 0 Å². The van der Waals surface area contributed by atoms with Gasteiger partial charge in [-0.3, -0.25) is 4.98 Å². The van der Waals surface area contributed by atoms with Gasteiger partial charge in [0.1, 0.15) is 0 Å². The average molecular weight is 188 g/mol. The van der Waals surface area contributed by atoms with Crippen LogP contribution in [-0.4, -0.2) is 16.6 Å². The van der Waals surface area contributed by atoms with Crippen molar-refractivity contribution in [3.63, 3.8) is 0 Å². The largest absolute Gasteiger partial charge is 0.387 e. The van der Waals surface area contributed by atoms with Crippen molar-refractivity contribution in [2.75, 3.05) is 6.54 Å². The van der Waals surface area contributed by atoms with Gasteiger partial charge in [-0.15, -0.1) is 0 Å². The molecule has 13 heavy (non-hydrogen) atoms. The van der Waals surface area contributed by atoms with E-state index in [9.17, 15) is 13.9 Å². The number of halogens is 2. The predicted octanol–water partition coefficient (Wildman–Crippen LogP) is 1.01. The third-order valence-electron chi connectivity index (χ3n) is 1.64. The van der Waals surface area contributed by atoms with Crippen LogP contribution in [0.5, 0.6) is 0 Å². The molecule has 1 atom stereocenters. The van der Waals surface area contributed by atoms with Crippen LogP contribution in [0.15, 0.2) is 18.5 Å². The molecule has 1 aromatic rings. The third kappa shape index (κ3) is 2.43. The highest BCUT2D eigenvalue weighted by Crippen LogP contribution is 2.20. The van der Waals surface area contributed by atoms with Crippen LogP contribution in [0.3, 0.4) is 0 Å². The molecule has 0 aliphatic rings. The summed E-state index contributed by atoms with van der Waals surface area (Å²) >= 11 is 0. The number of pyridine rings is 1. The molecule has 3 N–H and O–H groups in total. The van der Waals surface area contributed by atoms with Gasteiger partial charge in [-0.1, -0.05) is 0 Å². The Labute approximate surface area is 74.2 Å². The van der Waals surface area contributed by atoms with Crippen molar-refractivity contribution in [2.45, 2.75) is 12.5 Å². The van der Waals surface area contributed by atoms with E-state index >= 15 is 0 Å². The summed E-state index contributed by atoms with van der Waals surface area (Å²) in [5, 5.41) is 9.23. The normalized spacial score (nSPS) is 13.3. The van der Waals surface area contributed by atoms with Crippen molar-refractivity contribution in [3.8, 4) is 0 Å². The lowest BCUT2D eigenvalue weighted by atomic mass is 10.1. The van der Waals surface area contributed by atoms with Crippen LogP contribution >= 0.6 is 0 Å². The average Bonchev–Trinajstić information content (AvgIpc) is 2.17. The van der Waals surface area contributed by atoms with Crippen molar-refractivity contribution >= 4 is 0 Å². The minimum absolute atomic E-state index is 0.00558. The Bertz CT molecular complexity index is 281. The van der Waals surface area contributed by atoms with Crippen LogP contribution in [0.25, 0.3) is 0 Å². The molecule has 5 heteroatoms. The predicted molar refractivity (Wildman–Crippen MR) is 43.2 cm³/mol. The first-order valence-electron chi connectivity index (χ1n) is 3.76. The van der Waals surface area contributed by atoms with Crippen molar-refractivity contribution in [1.29, 1.82) is 0 Å². The topological polar surface area (TPSA) is 59.1 Å². The molecule has 0 amide bonds. The molecule has 1 heterocycles. The second-order valence-electron chi connectivity index (χ2n) is 2.60. The summed E-state index contributed by atoms with van der Waals surface area (Å²) in [7, 11) is 0. The van der Waals surface area contributed by atoms with Crippen LogP contribution in [0, 0.1) is 0 Å². The van der Waals surface area contributed by atoms with E-state index < -0.39 is 12.5 Å². The molecule has 3 nitrogen and oxygen atoms in total. The fraction of sp³-hybridized carbons (Fsp3) is 0.375. The van der Waals surface area contributed by atoms with Crippen LogP contribution < -0.4 is 5.73 Å². The zero-order chi connectivity index (χ0) is 9.84. The molecule has 0 radical (unpaired) electrons. The summed E-state index contributed by atoms with van der Waals surface area (Å²) in [5.41, 5.74) is 5.28. The molecule has 1 aromatic heterocycles. The second kappa shape index (κ2) is 4.25. The van der Waals surface area contributed by atoms with E-state index in [0.717, 1.165) is 6.20 Å². The van der Waals surface area contributed by atoms with Gasteiger partial charge in [0.25, 0.3) is 6.43 Å². The number of hydrogen-bond acceptors (Lipinski definition) is 3.